The molecule has 1 amide bonds. The van der Waals surface area contributed by atoms with Crippen LogP contribution in [-0.4, -0.2) is 70.6 Å². The first-order valence-corrected chi connectivity index (χ1v) is 6.17. The zero-order valence-corrected chi connectivity index (χ0v) is 11.5. The molecule has 106 valence electrons. The van der Waals surface area contributed by atoms with E-state index in [0.29, 0.717) is 39.5 Å². The molecule has 1 saturated heterocycles. The molecule has 2 unspecified atom stereocenters. The molecule has 0 spiro atoms. The van der Waals surface area contributed by atoms with E-state index >= 15 is 0 Å². The molecule has 2 N–H and O–H groups in total. The molecule has 0 aromatic carbocycles. The lowest BCUT2D eigenvalue weighted by molar-refractivity contribution is -0.143. The second-order valence-electron chi connectivity index (χ2n) is 4.82. The van der Waals surface area contributed by atoms with Gasteiger partial charge < -0.3 is 24.8 Å². The van der Waals surface area contributed by atoms with Crippen molar-refractivity contribution in [3.05, 3.63) is 0 Å². The molecule has 1 heterocycles. The van der Waals surface area contributed by atoms with Crippen molar-refractivity contribution in [2.24, 2.45) is 11.1 Å². The summed E-state index contributed by atoms with van der Waals surface area (Å²) in [4.78, 5) is 14.3. The van der Waals surface area contributed by atoms with E-state index in [1.165, 1.54) is 0 Å². The first-order chi connectivity index (χ1) is 8.56. The monoisotopic (exact) mass is 260 g/mol. The van der Waals surface area contributed by atoms with Gasteiger partial charge in [-0.05, 0) is 6.92 Å². The van der Waals surface area contributed by atoms with Crippen molar-refractivity contribution in [3.8, 4) is 0 Å². The smallest absolute Gasteiger partial charge is 0.232 e. The van der Waals surface area contributed by atoms with Gasteiger partial charge in [-0.25, -0.2) is 0 Å². The maximum absolute atomic E-state index is 12.5. The molecular weight excluding hydrogens is 236 g/mol. The van der Waals surface area contributed by atoms with Crippen LogP contribution in [0.4, 0.5) is 0 Å². The van der Waals surface area contributed by atoms with Crippen LogP contribution in [-0.2, 0) is 19.0 Å². The van der Waals surface area contributed by atoms with E-state index in [1.54, 1.807) is 19.1 Å². The minimum absolute atomic E-state index is 0.0154. The second kappa shape index (κ2) is 7.04. The van der Waals surface area contributed by atoms with Gasteiger partial charge in [0.15, 0.2) is 0 Å². The quantitative estimate of drug-likeness (QED) is 0.666. The number of methoxy groups -OCH3 is 2. The van der Waals surface area contributed by atoms with E-state index in [4.69, 9.17) is 19.9 Å². The normalized spacial score (nSPS) is 27.4. The lowest BCUT2D eigenvalue weighted by atomic mass is 9.84. The van der Waals surface area contributed by atoms with Gasteiger partial charge in [-0.1, -0.05) is 0 Å². The standard InChI is InChI=1S/C12H24N2O4/c1-12(9-18-8-10(12)13)11(15)14(4-6-16-2)5-7-17-3/h10H,4-9,13H2,1-3H3. The van der Waals surface area contributed by atoms with E-state index in [2.05, 4.69) is 0 Å². The molecular formula is C12H24N2O4. The molecule has 6 heteroatoms. The molecule has 6 nitrogen and oxygen atoms in total. The number of hydrogen-bond donors (Lipinski definition) is 1. The molecule has 1 rings (SSSR count). The van der Waals surface area contributed by atoms with Gasteiger partial charge in [0, 0.05) is 33.4 Å². The number of nitrogens with zero attached hydrogens (tertiary/aromatic N) is 1. The van der Waals surface area contributed by atoms with Gasteiger partial charge in [-0.2, -0.15) is 0 Å². The highest BCUT2D eigenvalue weighted by Crippen LogP contribution is 2.29. The maximum atomic E-state index is 12.5. The van der Waals surface area contributed by atoms with Crippen molar-refractivity contribution in [1.29, 1.82) is 0 Å². The predicted molar refractivity (Wildman–Crippen MR) is 67.2 cm³/mol. The predicted octanol–water partition coefficient (Wildman–Crippen LogP) is -0.528. The average molecular weight is 260 g/mol. The van der Waals surface area contributed by atoms with Crippen LogP contribution in [0, 0.1) is 5.41 Å². The van der Waals surface area contributed by atoms with Gasteiger partial charge in [0.25, 0.3) is 0 Å². The second-order valence-corrected chi connectivity index (χ2v) is 4.82. The summed E-state index contributed by atoms with van der Waals surface area (Å²) in [5.41, 5.74) is 5.34. The molecule has 0 radical (unpaired) electrons. The van der Waals surface area contributed by atoms with Crippen LogP contribution in [0.1, 0.15) is 6.92 Å². The summed E-state index contributed by atoms with van der Waals surface area (Å²) >= 11 is 0. The minimum Gasteiger partial charge on any atom is -0.383 e. The number of amides is 1. The summed E-state index contributed by atoms with van der Waals surface area (Å²) in [5, 5.41) is 0. The van der Waals surface area contributed by atoms with Crippen molar-refractivity contribution < 1.29 is 19.0 Å². The summed E-state index contributed by atoms with van der Waals surface area (Å²) < 4.78 is 15.4. The van der Waals surface area contributed by atoms with Gasteiger partial charge in [-0.15, -0.1) is 0 Å². The fraction of sp³-hybridized carbons (Fsp3) is 0.917. The third-order valence-electron chi connectivity index (χ3n) is 3.42. The topological polar surface area (TPSA) is 74.0 Å². The summed E-state index contributed by atoms with van der Waals surface area (Å²) in [5.74, 6) is 0.0154. The Balaban J connectivity index is 2.67. The number of ether oxygens (including phenoxy) is 3. The fourth-order valence-electron chi connectivity index (χ4n) is 1.99. The molecule has 0 aromatic rings. The van der Waals surface area contributed by atoms with Crippen LogP contribution in [0.5, 0.6) is 0 Å². The molecule has 1 aliphatic rings. The summed E-state index contributed by atoms with van der Waals surface area (Å²) in [6.45, 7) is 4.76. The van der Waals surface area contributed by atoms with E-state index in [0.717, 1.165) is 0 Å². The van der Waals surface area contributed by atoms with Crippen LogP contribution in [0.3, 0.4) is 0 Å². The summed E-state index contributed by atoms with van der Waals surface area (Å²) in [6.07, 6.45) is 0. The molecule has 0 aromatic heterocycles. The average Bonchev–Trinajstić information content (AvgIpc) is 2.70. The van der Waals surface area contributed by atoms with Crippen LogP contribution in [0.2, 0.25) is 0 Å². The Hall–Kier alpha value is -0.690. The third-order valence-corrected chi connectivity index (χ3v) is 3.42. The molecule has 1 fully saturated rings. The summed E-state index contributed by atoms with van der Waals surface area (Å²) in [6, 6.07) is -0.252. The molecule has 2 atom stereocenters. The first kappa shape index (κ1) is 15.4. The summed E-state index contributed by atoms with van der Waals surface area (Å²) in [7, 11) is 3.23. The van der Waals surface area contributed by atoms with Gasteiger partial charge in [0.1, 0.15) is 0 Å². The van der Waals surface area contributed by atoms with E-state index in [1.807, 2.05) is 6.92 Å². The number of hydrogen-bond acceptors (Lipinski definition) is 5. The largest absolute Gasteiger partial charge is 0.383 e. The Morgan fingerprint density at radius 3 is 2.33 bits per heavy atom. The number of carbonyl (C=O) groups is 1. The van der Waals surface area contributed by atoms with Gasteiger partial charge in [-0.3, -0.25) is 4.79 Å². The Morgan fingerprint density at radius 1 is 1.39 bits per heavy atom. The lowest BCUT2D eigenvalue weighted by Crippen LogP contribution is -2.52. The number of carbonyl (C=O) groups excluding carboxylic acids is 1. The zero-order chi connectivity index (χ0) is 13.6. The van der Waals surface area contributed by atoms with Crippen LogP contribution in [0.25, 0.3) is 0 Å². The van der Waals surface area contributed by atoms with Gasteiger partial charge >= 0.3 is 0 Å². The molecule has 18 heavy (non-hydrogen) atoms. The maximum Gasteiger partial charge on any atom is 0.232 e. The Bertz CT molecular complexity index is 267. The van der Waals surface area contributed by atoms with Crippen molar-refractivity contribution in [2.75, 3.05) is 53.7 Å². The molecule has 0 saturated carbocycles. The first-order valence-electron chi connectivity index (χ1n) is 6.17. The van der Waals surface area contributed by atoms with Crippen molar-refractivity contribution in [1.82, 2.24) is 4.90 Å². The van der Waals surface area contributed by atoms with E-state index < -0.39 is 5.41 Å². The molecule has 0 aliphatic carbocycles. The minimum atomic E-state index is -0.637. The highest BCUT2D eigenvalue weighted by atomic mass is 16.5. The number of nitrogens with two attached hydrogens (primary N) is 1. The van der Waals surface area contributed by atoms with Gasteiger partial charge in [0.05, 0.1) is 31.8 Å². The Morgan fingerprint density at radius 2 is 1.94 bits per heavy atom. The van der Waals surface area contributed by atoms with Gasteiger partial charge in [0.2, 0.25) is 5.91 Å². The third kappa shape index (κ3) is 3.41. The van der Waals surface area contributed by atoms with Crippen molar-refractivity contribution >= 4 is 5.91 Å². The highest BCUT2D eigenvalue weighted by Gasteiger charge is 2.46. The van der Waals surface area contributed by atoms with Crippen LogP contribution >= 0.6 is 0 Å². The van der Waals surface area contributed by atoms with Crippen molar-refractivity contribution in [3.63, 3.8) is 0 Å². The highest BCUT2D eigenvalue weighted by molar-refractivity contribution is 5.83. The number of rotatable bonds is 7. The van der Waals surface area contributed by atoms with E-state index in [9.17, 15) is 4.79 Å². The van der Waals surface area contributed by atoms with Crippen LogP contribution < -0.4 is 5.73 Å². The molecule has 0 bridgehead atoms. The van der Waals surface area contributed by atoms with E-state index in [-0.39, 0.29) is 11.9 Å². The van der Waals surface area contributed by atoms with Crippen LogP contribution in [0.15, 0.2) is 0 Å². The Kier molecular flexibility index (Phi) is 6.01. The lowest BCUT2D eigenvalue weighted by Gasteiger charge is -2.33. The Labute approximate surface area is 108 Å². The SMILES string of the molecule is COCCN(CCOC)C(=O)C1(C)COCC1N. The van der Waals surface area contributed by atoms with Crippen molar-refractivity contribution in [2.45, 2.75) is 13.0 Å². The fourth-order valence-corrected chi connectivity index (χ4v) is 1.99. The molecule has 1 aliphatic heterocycles. The zero-order valence-electron chi connectivity index (χ0n) is 11.5.